The zero-order valence-corrected chi connectivity index (χ0v) is 15.3. The second-order valence-corrected chi connectivity index (χ2v) is 6.43. The van der Waals surface area contributed by atoms with Crippen molar-refractivity contribution in [1.82, 2.24) is 0 Å². The Kier molecular flexibility index (Phi) is 6.30. The predicted molar refractivity (Wildman–Crippen MR) is 98.5 cm³/mol. The molecular formula is C21H25NO3. The summed E-state index contributed by atoms with van der Waals surface area (Å²) in [6, 6.07) is 15.4. The molecule has 0 saturated heterocycles. The first-order chi connectivity index (χ1) is 12.0. The Bertz CT molecular complexity index is 730. The molecule has 2 aromatic carbocycles. The van der Waals surface area contributed by atoms with Gasteiger partial charge in [-0.2, -0.15) is 5.26 Å². The molecule has 0 aliphatic heterocycles. The molecular weight excluding hydrogens is 314 g/mol. The monoisotopic (exact) mass is 339 g/mol. The fourth-order valence-electron chi connectivity index (χ4n) is 2.36. The summed E-state index contributed by atoms with van der Waals surface area (Å²) < 4.78 is 16.5. The Morgan fingerprint density at radius 3 is 2.20 bits per heavy atom. The van der Waals surface area contributed by atoms with Crippen LogP contribution in [0.15, 0.2) is 42.5 Å². The smallest absolute Gasteiger partial charge is 0.140 e. The fraction of sp³-hybridized carbons (Fsp3) is 0.381. The normalized spacial score (nSPS) is 10.8. The van der Waals surface area contributed by atoms with Gasteiger partial charge in [0.25, 0.3) is 0 Å². The van der Waals surface area contributed by atoms with Gasteiger partial charge >= 0.3 is 0 Å². The Morgan fingerprint density at radius 1 is 0.960 bits per heavy atom. The molecule has 2 aromatic rings. The van der Waals surface area contributed by atoms with Crippen molar-refractivity contribution < 1.29 is 14.2 Å². The lowest BCUT2D eigenvalue weighted by Crippen LogP contribution is -2.15. The van der Waals surface area contributed by atoms with Crippen LogP contribution >= 0.6 is 0 Å². The number of nitriles is 1. The first-order valence-corrected chi connectivity index (χ1v) is 8.44. The summed E-state index contributed by atoms with van der Waals surface area (Å²) in [5.74, 6) is 1.97. The van der Waals surface area contributed by atoms with Gasteiger partial charge in [0.2, 0.25) is 0 Å². The molecule has 0 aromatic heterocycles. The summed E-state index contributed by atoms with van der Waals surface area (Å²) in [7, 11) is 1.58. The Labute approximate surface area is 150 Å². The summed E-state index contributed by atoms with van der Waals surface area (Å²) in [4.78, 5) is 0. The van der Waals surface area contributed by atoms with Gasteiger partial charge in [-0.1, -0.05) is 32.9 Å². The number of nitrogens with zero attached hydrogens (tertiary/aromatic N) is 1. The zero-order chi connectivity index (χ0) is 18.3. The van der Waals surface area contributed by atoms with Crippen molar-refractivity contribution in [3.63, 3.8) is 0 Å². The molecule has 0 N–H and O–H groups in total. The molecule has 2 rings (SSSR count). The van der Waals surface area contributed by atoms with Gasteiger partial charge in [0.05, 0.1) is 12.7 Å². The highest BCUT2D eigenvalue weighted by molar-refractivity contribution is 5.47. The van der Waals surface area contributed by atoms with Crippen molar-refractivity contribution >= 4 is 0 Å². The van der Waals surface area contributed by atoms with Crippen molar-refractivity contribution in [1.29, 1.82) is 5.26 Å². The van der Waals surface area contributed by atoms with Crippen molar-refractivity contribution in [3.8, 4) is 23.3 Å². The van der Waals surface area contributed by atoms with Crippen LogP contribution in [0.25, 0.3) is 0 Å². The van der Waals surface area contributed by atoms with Crippen molar-refractivity contribution in [3.05, 3.63) is 53.6 Å². The average Bonchev–Trinajstić information content (AvgIpc) is 2.65. The summed E-state index contributed by atoms with van der Waals surface area (Å²) in [5.41, 5.74) is 1.95. The molecule has 0 heterocycles. The average molecular weight is 339 g/mol. The van der Waals surface area contributed by atoms with Crippen LogP contribution in [0.1, 0.15) is 38.3 Å². The summed E-state index contributed by atoms with van der Waals surface area (Å²) >= 11 is 0. The molecule has 132 valence electrons. The van der Waals surface area contributed by atoms with Crippen molar-refractivity contribution in [2.75, 3.05) is 20.3 Å². The van der Waals surface area contributed by atoms with Gasteiger partial charge in [-0.3, -0.25) is 0 Å². The van der Waals surface area contributed by atoms with E-state index in [9.17, 15) is 0 Å². The SMILES string of the molecule is CCC(C)(C)c1ccc(OCCOc2cc(OC)ccc2C#N)cc1. The van der Waals surface area contributed by atoms with Crippen LogP contribution in [0.2, 0.25) is 0 Å². The number of methoxy groups -OCH3 is 1. The standard InChI is InChI=1S/C21H25NO3/c1-5-21(2,3)17-7-10-18(11-8-17)24-12-13-25-20-14-19(23-4)9-6-16(20)15-22/h6-11,14H,5,12-13H2,1-4H3. The lowest BCUT2D eigenvalue weighted by Gasteiger charge is -2.23. The van der Waals surface area contributed by atoms with Crippen LogP contribution in [-0.4, -0.2) is 20.3 Å². The Hall–Kier alpha value is -2.67. The quantitative estimate of drug-likeness (QED) is 0.653. The van der Waals surface area contributed by atoms with Crippen LogP contribution < -0.4 is 14.2 Å². The maximum Gasteiger partial charge on any atom is 0.140 e. The van der Waals surface area contributed by atoms with Gasteiger partial charge in [-0.25, -0.2) is 0 Å². The number of rotatable bonds is 8. The largest absolute Gasteiger partial charge is 0.497 e. The maximum absolute atomic E-state index is 9.13. The second-order valence-electron chi connectivity index (χ2n) is 6.43. The summed E-state index contributed by atoms with van der Waals surface area (Å²) in [5, 5.41) is 9.13. The van der Waals surface area contributed by atoms with Crippen LogP contribution in [0.3, 0.4) is 0 Å². The Balaban J connectivity index is 1.89. The topological polar surface area (TPSA) is 51.5 Å². The fourth-order valence-corrected chi connectivity index (χ4v) is 2.36. The van der Waals surface area contributed by atoms with Crippen LogP contribution in [-0.2, 0) is 5.41 Å². The van der Waals surface area contributed by atoms with Crippen LogP contribution in [0.5, 0.6) is 17.2 Å². The predicted octanol–water partition coefficient (Wildman–Crippen LogP) is 4.71. The van der Waals surface area contributed by atoms with Crippen LogP contribution in [0.4, 0.5) is 0 Å². The number of benzene rings is 2. The third-order valence-corrected chi connectivity index (χ3v) is 4.44. The van der Waals surface area contributed by atoms with E-state index in [0.717, 1.165) is 12.2 Å². The highest BCUT2D eigenvalue weighted by atomic mass is 16.5. The molecule has 0 spiro atoms. The van der Waals surface area contributed by atoms with Gasteiger partial charge < -0.3 is 14.2 Å². The molecule has 0 radical (unpaired) electrons. The maximum atomic E-state index is 9.13. The second kappa shape index (κ2) is 8.43. The molecule has 4 heteroatoms. The molecule has 0 bridgehead atoms. The van der Waals surface area contributed by atoms with E-state index in [1.807, 2.05) is 12.1 Å². The van der Waals surface area contributed by atoms with E-state index in [0.29, 0.717) is 30.3 Å². The zero-order valence-electron chi connectivity index (χ0n) is 15.3. The minimum absolute atomic E-state index is 0.168. The Morgan fingerprint density at radius 2 is 1.60 bits per heavy atom. The molecule has 0 fully saturated rings. The first kappa shape index (κ1) is 18.7. The first-order valence-electron chi connectivity index (χ1n) is 8.44. The van der Waals surface area contributed by atoms with Crippen molar-refractivity contribution in [2.24, 2.45) is 0 Å². The lowest BCUT2D eigenvalue weighted by molar-refractivity contribution is 0.216. The number of hydrogen-bond acceptors (Lipinski definition) is 4. The molecule has 25 heavy (non-hydrogen) atoms. The minimum atomic E-state index is 0.168. The summed E-state index contributed by atoms with van der Waals surface area (Å²) in [6.07, 6.45) is 1.09. The molecule has 0 saturated carbocycles. The number of hydrogen-bond donors (Lipinski definition) is 0. The van der Waals surface area contributed by atoms with Gasteiger partial charge in [0, 0.05) is 6.07 Å². The highest BCUT2D eigenvalue weighted by Gasteiger charge is 2.17. The van der Waals surface area contributed by atoms with E-state index in [-0.39, 0.29) is 5.41 Å². The highest BCUT2D eigenvalue weighted by Crippen LogP contribution is 2.28. The number of ether oxygens (including phenoxy) is 3. The van der Waals surface area contributed by atoms with Gasteiger partial charge in [0.1, 0.15) is 36.5 Å². The van der Waals surface area contributed by atoms with E-state index in [2.05, 4.69) is 39.0 Å². The van der Waals surface area contributed by atoms with Gasteiger partial charge in [-0.15, -0.1) is 0 Å². The van der Waals surface area contributed by atoms with E-state index in [4.69, 9.17) is 19.5 Å². The summed E-state index contributed by atoms with van der Waals surface area (Å²) in [6.45, 7) is 7.41. The van der Waals surface area contributed by atoms with Gasteiger partial charge in [-0.05, 0) is 41.7 Å². The van der Waals surface area contributed by atoms with Crippen LogP contribution in [0, 0.1) is 11.3 Å². The van der Waals surface area contributed by atoms with Crippen molar-refractivity contribution in [2.45, 2.75) is 32.6 Å². The molecule has 4 nitrogen and oxygen atoms in total. The minimum Gasteiger partial charge on any atom is -0.497 e. The molecule has 0 aliphatic rings. The van der Waals surface area contributed by atoms with E-state index in [1.165, 1.54) is 5.56 Å². The molecule has 0 unspecified atom stereocenters. The molecule has 0 amide bonds. The molecule has 0 aliphatic carbocycles. The van der Waals surface area contributed by atoms with E-state index >= 15 is 0 Å². The lowest BCUT2D eigenvalue weighted by atomic mass is 9.82. The van der Waals surface area contributed by atoms with Gasteiger partial charge in [0.15, 0.2) is 0 Å². The third-order valence-electron chi connectivity index (χ3n) is 4.44. The van der Waals surface area contributed by atoms with E-state index < -0.39 is 0 Å². The van der Waals surface area contributed by atoms with E-state index in [1.54, 1.807) is 25.3 Å². The third kappa shape index (κ3) is 4.90. The molecule has 0 atom stereocenters.